The van der Waals surface area contributed by atoms with Gasteiger partial charge in [0.05, 0.1) is 12.6 Å². The zero-order chi connectivity index (χ0) is 17.2. The summed E-state index contributed by atoms with van der Waals surface area (Å²) < 4.78 is 5.62. The van der Waals surface area contributed by atoms with Crippen LogP contribution in [0.5, 0.6) is 0 Å². The normalized spacial score (nSPS) is 16.9. The van der Waals surface area contributed by atoms with Gasteiger partial charge in [-0.25, -0.2) is 4.99 Å². The molecule has 1 unspecified atom stereocenters. The van der Waals surface area contributed by atoms with Crippen LogP contribution in [-0.2, 0) is 11.3 Å². The lowest BCUT2D eigenvalue weighted by Gasteiger charge is -2.14. The summed E-state index contributed by atoms with van der Waals surface area (Å²) in [5, 5.41) is 9.36. The van der Waals surface area contributed by atoms with Gasteiger partial charge in [-0.3, -0.25) is 4.79 Å². The highest BCUT2D eigenvalue weighted by Crippen LogP contribution is 2.10. The van der Waals surface area contributed by atoms with E-state index in [1.54, 1.807) is 0 Å². The van der Waals surface area contributed by atoms with Gasteiger partial charge in [-0.1, -0.05) is 12.1 Å². The average Bonchev–Trinajstić information content (AvgIpc) is 3.11. The summed E-state index contributed by atoms with van der Waals surface area (Å²) in [4.78, 5) is 16.3. The maximum Gasteiger partial charge on any atom is 0.251 e. The number of amides is 1. The molecule has 0 radical (unpaired) electrons. The third kappa shape index (κ3) is 7.60. The molecule has 1 heterocycles. The molecular weight excluding hydrogens is 431 g/mol. The Balaban J connectivity index is 0.00000312. The lowest BCUT2D eigenvalue weighted by Crippen LogP contribution is -2.41. The van der Waals surface area contributed by atoms with Gasteiger partial charge in [-0.2, -0.15) is 0 Å². The Morgan fingerprint density at radius 3 is 2.48 bits per heavy atom. The summed E-state index contributed by atoms with van der Waals surface area (Å²) >= 11 is 0. The Morgan fingerprint density at radius 1 is 1.16 bits per heavy atom. The van der Waals surface area contributed by atoms with Gasteiger partial charge in [-0.05, 0) is 44.4 Å². The molecule has 1 fully saturated rings. The Bertz CT molecular complexity index is 543. The van der Waals surface area contributed by atoms with Gasteiger partial charge in [0.25, 0.3) is 5.91 Å². The first-order valence-corrected chi connectivity index (χ1v) is 8.73. The second kappa shape index (κ2) is 12.1. The van der Waals surface area contributed by atoms with Crippen molar-refractivity contribution in [1.82, 2.24) is 16.0 Å². The molecule has 0 aliphatic carbocycles. The van der Waals surface area contributed by atoms with Crippen LogP contribution in [0.15, 0.2) is 29.3 Å². The molecule has 140 valence electrons. The lowest BCUT2D eigenvalue weighted by atomic mass is 10.1. The first kappa shape index (κ1) is 21.7. The number of rotatable bonds is 7. The SMILES string of the molecule is CCNC(=O)c1ccc(CN=C(NCC)NCC2CCCO2)cc1.I. The smallest absolute Gasteiger partial charge is 0.251 e. The number of hydrogen-bond acceptors (Lipinski definition) is 3. The number of benzene rings is 1. The second-order valence-corrected chi connectivity index (χ2v) is 5.77. The molecule has 25 heavy (non-hydrogen) atoms. The quantitative estimate of drug-likeness (QED) is 0.332. The molecule has 1 aliphatic heterocycles. The van der Waals surface area contributed by atoms with Crippen molar-refractivity contribution in [3.63, 3.8) is 0 Å². The third-order valence-electron chi connectivity index (χ3n) is 3.84. The molecular formula is C18H29IN4O2. The van der Waals surface area contributed by atoms with Crippen LogP contribution in [0, 0.1) is 0 Å². The van der Waals surface area contributed by atoms with E-state index in [2.05, 4.69) is 20.9 Å². The standard InChI is InChI=1S/C18H28N4O2.HI/c1-3-19-17(23)15-9-7-14(8-10-15)12-21-18(20-4-2)22-13-16-6-5-11-24-16;/h7-10,16H,3-6,11-13H2,1-2H3,(H,19,23)(H2,20,21,22);1H. The van der Waals surface area contributed by atoms with Gasteiger partial charge < -0.3 is 20.7 Å². The molecule has 1 atom stereocenters. The van der Waals surface area contributed by atoms with Crippen LogP contribution in [0.1, 0.15) is 42.6 Å². The van der Waals surface area contributed by atoms with Gasteiger partial charge in [0.1, 0.15) is 0 Å². The van der Waals surface area contributed by atoms with Crippen molar-refractivity contribution in [3.8, 4) is 0 Å². The molecule has 0 bridgehead atoms. The summed E-state index contributed by atoms with van der Waals surface area (Å²) in [5.41, 5.74) is 1.74. The Morgan fingerprint density at radius 2 is 1.88 bits per heavy atom. The number of hydrogen-bond donors (Lipinski definition) is 3. The summed E-state index contributed by atoms with van der Waals surface area (Å²) in [6.45, 7) is 7.61. The highest BCUT2D eigenvalue weighted by Gasteiger charge is 2.15. The first-order valence-electron chi connectivity index (χ1n) is 8.73. The van der Waals surface area contributed by atoms with E-state index in [-0.39, 0.29) is 36.0 Å². The van der Waals surface area contributed by atoms with Crippen LogP contribution in [0.25, 0.3) is 0 Å². The lowest BCUT2D eigenvalue weighted by molar-refractivity contribution is 0.0956. The summed E-state index contributed by atoms with van der Waals surface area (Å²) in [5.74, 6) is 0.750. The van der Waals surface area contributed by atoms with Gasteiger partial charge in [0, 0.05) is 31.8 Å². The zero-order valence-electron chi connectivity index (χ0n) is 15.0. The topological polar surface area (TPSA) is 74.8 Å². The molecule has 1 aromatic carbocycles. The molecule has 3 N–H and O–H groups in total. The van der Waals surface area contributed by atoms with Crippen LogP contribution in [0.3, 0.4) is 0 Å². The molecule has 0 saturated carbocycles. The fourth-order valence-electron chi connectivity index (χ4n) is 2.55. The van der Waals surface area contributed by atoms with Crippen molar-refractivity contribution in [2.75, 3.05) is 26.2 Å². The van der Waals surface area contributed by atoms with E-state index in [1.165, 1.54) is 0 Å². The van der Waals surface area contributed by atoms with Crippen LogP contribution in [0.4, 0.5) is 0 Å². The largest absolute Gasteiger partial charge is 0.376 e. The van der Waals surface area contributed by atoms with Gasteiger partial charge in [0.2, 0.25) is 0 Å². The van der Waals surface area contributed by atoms with E-state index in [9.17, 15) is 4.79 Å². The maximum atomic E-state index is 11.7. The van der Waals surface area contributed by atoms with E-state index in [1.807, 2.05) is 38.1 Å². The average molecular weight is 460 g/mol. The minimum atomic E-state index is -0.0425. The minimum Gasteiger partial charge on any atom is -0.376 e. The van der Waals surface area contributed by atoms with Gasteiger partial charge in [-0.15, -0.1) is 24.0 Å². The summed E-state index contributed by atoms with van der Waals surface area (Å²) in [6.07, 6.45) is 2.52. The number of nitrogens with zero attached hydrogens (tertiary/aromatic N) is 1. The molecule has 2 rings (SSSR count). The number of halogens is 1. The van der Waals surface area contributed by atoms with E-state index in [0.29, 0.717) is 18.7 Å². The van der Waals surface area contributed by atoms with E-state index in [0.717, 1.165) is 44.1 Å². The second-order valence-electron chi connectivity index (χ2n) is 5.77. The first-order chi connectivity index (χ1) is 11.7. The Kier molecular flexibility index (Phi) is 10.5. The molecule has 1 aliphatic rings. The predicted molar refractivity (Wildman–Crippen MR) is 112 cm³/mol. The maximum absolute atomic E-state index is 11.7. The van der Waals surface area contributed by atoms with Crippen molar-refractivity contribution in [1.29, 1.82) is 0 Å². The highest BCUT2D eigenvalue weighted by molar-refractivity contribution is 14.0. The van der Waals surface area contributed by atoms with Crippen molar-refractivity contribution < 1.29 is 9.53 Å². The van der Waals surface area contributed by atoms with Crippen LogP contribution < -0.4 is 16.0 Å². The van der Waals surface area contributed by atoms with Crippen LogP contribution in [-0.4, -0.2) is 44.2 Å². The number of carbonyl (C=O) groups excluding carboxylic acids is 1. The highest BCUT2D eigenvalue weighted by atomic mass is 127. The molecule has 1 amide bonds. The van der Waals surface area contributed by atoms with Crippen molar-refractivity contribution >= 4 is 35.8 Å². The van der Waals surface area contributed by atoms with Crippen molar-refractivity contribution in [3.05, 3.63) is 35.4 Å². The van der Waals surface area contributed by atoms with Crippen molar-refractivity contribution in [2.45, 2.75) is 39.3 Å². The predicted octanol–water partition coefficient (Wildman–Crippen LogP) is 2.29. The Labute approximate surface area is 167 Å². The van der Waals surface area contributed by atoms with E-state index >= 15 is 0 Å². The van der Waals surface area contributed by atoms with E-state index < -0.39 is 0 Å². The van der Waals surface area contributed by atoms with Gasteiger partial charge >= 0.3 is 0 Å². The fourth-order valence-corrected chi connectivity index (χ4v) is 2.55. The molecule has 1 saturated heterocycles. The Hall–Kier alpha value is -1.35. The number of ether oxygens (including phenoxy) is 1. The zero-order valence-corrected chi connectivity index (χ0v) is 17.3. The van der Waals surface area contributed by atoms with Gasteiger partial charge in [0.15, 0.2) is 5.96 Å². The molecule has 1 aromatic rings. The van der Waals surface area contributed by atoms with Crippen molar-refractivity contribution in [2.24, 2.45) is 4.99 Å². The molecule has 0 spiro atoms. The summed E-state index contributed by atoms with van der Waals surface area (Å²) in [6, 6.07) is 7.56. The summed E-state index contributed by atoms with van der Waals surface area (Å²) in [7, 11) is 0. The third-order valence-corrected chi connectivity index (χ3v) is 3.84. The monoisotopic (exact) mass is 460 g/mol. The molecule has 0 aromatic heterocycles. The van der Waals surface area contributed by atoms with Crippen LogP contribution in [0.2, 0.25) is 0 Å². The number of aliphatic imine (C=N–C) groups is 1. The number of nitrogens with one attached hydrogen (secondary N) is 3. The van der Waals surface area contributed by atoms with Crippen LogP contribution >= 0.6 is 24.0 Å². The molecule has 7 heteroatoms. The van der Waals surface area contributed by atoms with E-state index in [4.69, 9.17) is 4.74 Å². The number of carbonyl (C=O) groups is 1. The molecule has 6 nitrogen and oxygen atoms in total. The fraction of sp³-hybridized carbons (Fsp3) is 0.556. The number of guanidine groups is 1. The minimum absolute atomic E-state index is 0.